The van der Waals surface area contributed by atoms with E-state index >= 15 is 0 Å². The molecule has 0 saturated heterocycles. The highest BCUT2D eigenvalue weighted by atomic mass is 16.2. The number of anilines is 1. The molecule has 0 radical (unpaired) electrons. The molecule has 0 aliphatic rings. The van der Waals surface area contributed by atoms with Crippen LogP contribution in [0.15, 0.2) is 60.7 Å². The monoisotopic (exact) mass is 378 g/mol. The van der Waals surface area contributed by atoms with Crippen molar-refractivity contribution < 1.29 is 14.4 Å². The summed E-state index contributed by atoms with van der Waals surface area (Å²) in [7, 11) is 0. The highest BCUT2D eigenvalue weighted by Crippen LogP contribution is 2.24. The van der Waals surface area contributed by atoms with Gasteiger partial charge in [-0.15, -0.1) is 0 Å². The van der Waals surface area contributed by atoms with Crippen LogP contribution in [0.25, 0.3) is 0 Å². The van der Waals surface area contributed by atoms with Gasteiger partial charge in [-0.25, -0.2) is 0 Å². The lowest BCUT2D eigenvalue weighted by Gasteiger charge is -2.15. The van der Waals surface area contributed by atoms with Gasteiger partial charge in [0.25, 0.3) is 11.8 Å². The van der Waals surface area contributed by atoms with Gasteiger partial charge in [0.1, 0.15) is 0 Å². The van der Waals surface area contributed by atoms with Crippen LogP contribution in [-0.2, 0) is 4.79 Å². The van der Waals surface area contributed by atoms with Crippen molar-refractivity contribution in [1.82, 2.24) is 5.32 Å². The molecule has 0 unspecified atom stereocenters. The Labute approximate surface area is 165 Å². The number of ketones is 1. The summed E-state index contributed by atoms with van der Waals surface area (Å²) in [6, 6.07) is 13.8. The molecule has 146 valence electrons. The van der Waals surface area contributed by atoms with Crippen molar-refractivity contribution in [3.05, 3.63) is 77.4 Å². The fourth-order valence-electron chi connectivity index (χ4n) is 2.74. The number of unbranched alkanes of at least 4 members (excludes halogenated alkanes) is 2. The number of rotatable bonds is 9. The van der Waals surface area contributed by atoms with E-state index in [4.69, 9.17) is 0 Å². The minimum atomic E-state index is -0.621. The molecule has 0 aliphatic heterocycles. The maximum atomic E-state index is 13.2. The number of amides is 2. The van der Waals surface area contributed by atoms with Crippen molar-refractivity contribution in [1.29, 1.82) is 0 Å². The average molecular weight is 378 g/mol. The van der Waals surface area contributed by atoms with Gasteiger partial charge in [0.05, 0.1) is 11.1 Å². The molecule has 5 heteroatoms. The largest absolute Gasteiger partial charge is 0.384 e. The molecule has 0 saturated carbocycles. The number of nitrogens with one attached hydrogen (secondary N) is 2. The second kappa shape index (κ2) is 10.2. The number of imide groups is 1. The van der Waals surface area contributed by atoms with Crippen LogP contribution in [0.4, 0.5) is 5.69 Å². The number of hydrogen-bond acceptors (Lipinski definition) is 4. The van der Waals surface area contributed by atoms with Crippen LogP contribution in [0, 0.1) is 0 Å². The predicted octanol–water partition coefficient (Wildman–Crippen LogP) is 4.35. The zero-order valence-electron chi connectivity index (χ0n) is 16.4. The van der Waals surface area contributed by atoms with Crippen LogP contribution in [-0.4, -0.2) is 24.1 Å². The third kappa shape index (κ3) is 5.39. The molecular weight excluding hydrogens is 352 g/mol. The van der Waals surface area contributed by atoms with E-state index in [-0.39, 0.29) is 22.5 Å². The summed E-state index contributed by atoms with van der Waals surface area (Å²) in [5.41, 5.74) is 1.70. The summed E-state index contributed by atoms with van der Waals surface area (Å²) in [5, 5.41) is 5.56. The molecule has 5 nitrogen and oxygen atoms in total. The number of carbonyl (C=O) groups is 3. The Hall–Kier alpha value is -3.21. The minimum absolute atomic E-state index is 0.156. The van der Waals surface area contributed by atoms with E-state index in [1.807, 2.05) is 6.07 Å². The Morgan fingerprint density at radius 3 is 2.32 bits per heavy atom. The maximum absolute atomic E-state index is 13.2. The molecule has 2 aromatic carbocycles. The van der Waals surface area contributed by atoms with Crippen LogP contribution < -0.4 is 10.6 Å². The first-order chi connectivity index (χ1) is 13.5. The van der Waals surface area contributed by atoms with E-state index in [0.717, 1.165) is 19.3 Å². The summed E-state index contributed by atoms with van der Waals surface area (Å²) in [6.45, 7) is 7.87. The molecule has 0 aromatic heterocycles. The summed E-state index contributed by atoms with van der Waals surface area (Å²) < 4.78 is 0. The maximum Gasteiger partial charge on any atom is 0.258 e. The van der Waals surface area contributed by atoms with E-state index < -0.39 is 11.8 Å². The van der Waals surface area contributed by atoms with Gasteiger partial charge < -0.3 is 5.32 Å². The molecule has 28 heavy (non-hydrogen) atoms. The Kier molecular flexibility index (Phi) is 7.69. The van der Waals surface area contributed by atoms with Crippen LogP contribution >= 0.6 is 0 Å². The van der Waals surface area contributed by atoms with Crippen LogP contribution in [0.2, 0.25) is 0 Å². The topological polar surface area (TPSA) is 75.3 Å². The lowest BCUT2D eigenvalue weighted by Crippen LogP contribution is -2.32. The minimum Gasteiger partial charge on any atom is -0.384 e. The van der Waals surface area contributed by atoms with Crippen LogP contribution in [0.5, 0.6) is 0 Å². The highest BCUT2D eigenvalue weighted by molar-refractivity contribution is 6.20. The molecule has 0 spiro atoms. The van der Waals surface area contributed by atoms with E-state index in [1.165, 1.54) is 6.92 Å². The fraction of sp³-hybridized carbons (Fsp3) is 0.261. The highest BCUT2D eigenvalue weighted by Gasteiger charge is 2.23. The molecule has 2 aromatic rings. The smallest absolute Gasteiger partial charge is 0.258 e. The second-order valence-electron chi connectivity index (χ2n) is 6.62. The SMILES string of the molecule is C=C(C)C(=O)NC(=O)c1cccc(NCCCCC)c1C(=O)c1ccccc1. The molecule has 2 rings (SSSR count). The summed E-state index contributed by atoms with van der Waals surface area (Å²) >= 11 is 0. The van der Waals surface area contributed by atoms with E-state index in [9.17, 15) is 14.4 Å². The molecule has 0 fully saturated rings. The van der Waals surface area contributed by atoms with Gasteiger partial charge in [-0.3, -0.25) is 19.7 Å². The summed E-state index contributed by atoms with van der Waals surface area (Å²) in [4.78, 5) is 37.7. The first-order valence-electron chi connectivity index (χ1n) is 9.43. The van der Waals surface area contributed by atoms with Crippen molar-refractivity contribution in [3.8, 4) is 0 Å². The average Bonchev–Trinajstić information content (AvgIpc) is 2.71. The summed E-state index contributed by atoms with van der Waals surface area (Å²) in [6.07, 6.45) is 3.12. The Morgan fingerprint density at radius 2 is 1.68 bits per heavy atom. The van der Waals surface area contributed by atoms with Gasteiger partial charge >= 0.3 is 0 Å². The Balaban J connectivity index is 2.43. The summed E-state index contributed by atoms with van der Waals surface area (Å²) in [5.74, 6) is -1.46. The molecule has 2 amide bonds. The molecule has 2 N–H and O–H groups in total. The van der Waals surface area contributed by atoms with Crippen LogP contribution in [0.1, 0.15) is 59.4 Å². The van der Waals surface area contributed by atoms with Gasteiger partial charge in [0.15, 0.2) is 5.78 Å². The normalized spacial score (nSPS) is 10.2. The number of benzene rings is 2. The van der Waals surface area contributed by atoms with Gasteiger partial charge in [-0.2, -0.15) is 0 Å². The lowest BCUT2D eigenvalue weighted by molar-refractivity contribution is -0.116. The van der Waals surface area contributed by atoms with E-state index in [0.29, 0.717) is 17.8 Å². The standard InChI is InChI=1S/C23H26N2O3/c1-4-5-9-15-24-19-14-10-13-18(23(28)25-22(27)16(2)3)20(19)21(26)17-11-7-6-8-12-17/h6-8,10-14,24H,2,4-5,9,15H2,1,3H3,(H,25,27,28). The molecule has 0 bridgehead atoms. The van der Waals surface area contributed by atoms with E-state index in [1.54, 1.807) is 42.5 Å². The molecule has 0 atom stereocenters. The zero-order chi connectivity index (χ0) is 20.5. The van der Waals surface area contributed by atoms with Crippen molar-refractivity contribution in [2.75, 3.05) is 11.9 Å². The van der Waals surface area contributed by atoms with E-state index in [2.05, 4.69) is 24.1 Å². The number of carbonyl (C=O) groups excluding carboxylic acids is 3. The fourth-order valence-corrected chi connectivity index (χ4v) is 2.74. The lowest BCUT2D eigenvalue weighted by atomic mass is 9.95. The third-order valence-electron chi connectivity index (χ3n) is 4.28. The Bertz CT molecular complexity index is 873. The first-order valence-corrected chi connectivity index (χ1v) is 9.43. The second-order valence-corrected chi connectivity index (χ2v) is 6.62. The van der Waals surface area contributed by atoms with Gasteiger partial charge in [-0.05, 0) is 25.5 Å². The molecule has 0 aliphatic carbocycles. The predicted molar refractivity (Wildman–Crippen MR) is 112 cm³/mol. The third-order valence-corrected chi connectivity index (χ3v) is 4.28. The van der Waals surface area contributed by atoms with Crippen molar-refractivity contribution in [2.45, 2.75) is 33.1 Å². The van der Waals surface area contributed by atoms with Gasteiger partial charge in [0.2, 0.25) is 0 Å². The molecular formula is C23H26N2O3. The quantitative estimate of drug-likeness (QED) is 0.386. The van der Waals surface area contributed by atoms with Crippen LogP contribution in [0.3, 0.4) is 0 Å². The van der Waals surface area contributed by atoms with Gasteiger partial charge in [-0.1, -0.05) is 62.7 Å². The van der Waals surface area contributed by atoms with Crippen molar-refractivity contribution in [3.63, 3.8) is 0 Å². The van der Waals surface area contributed by atoms with Crippen molar-refractivity contribution >= 4 is 23.3 Å². The zero-order valence-corrected chi connectivity index (χ0v) is 16.4. The Morgan fingerprint density at radius 1 is 0.964 bits per heavy atom. The van der Waals surface area contributed by atoms with Crippen molar-refractivity contribution in [2.24, 2.45) is 0 Å². The van der Waals surface area contributed by atoms with Gasteiger partial charge in [0, 0.05) is 23.4 Å². The number of hydrogen-bond donors (Lipinski definition) is 2. The first kappa shape index (κ1) is 21.1. The molecule has 0 heterocycles.